The molecule has 1 aliphatic heterocycles. The number of hydrogen-bond acceptors (Lipinski definition) is 5. The Hall–Kier alpha value is -3.46. The van der Waals surface area contributed by atoms with Crippen molar-refractivity contribution in [1.29, 1.82) is 0 Å². The van der Waals surface area contributed by atoms with Gasteiger partial charge in [-0.15, -0.1) is 11.8 Å². The largest absolute Gasteiger partial charge is 0.324 e. The maximum absolute atomic E-state index is 14.3. The number of halogens is 1. The summed E-state index contributed by atoms with van der Waals surface area (Å²) < 4.78 is 17.1. The minimum absolute atomic E-state index is 0.163. The second kappa shape index (κ2) is 7.99. The van der Waals surface area contributed by atoms with Gasteiger partial charge in [-0.3, -0.25) is 14.2 Å². The molecule has 2 aromatic carbocycles. The van der Waals surface area contributed by atoms with E-state index in [1.807, 2.05) is 30.3 Å². The molecule has 0 saturated carbocycles. The number of hydrogen-bond donors (Lipinski definition) is 0. The van der Waals surface area contributed by atoms with Crippen molar-refractivity contribution in [3.05, 3.63) is 88.9 Å². The number of nitrogens with zero attached hydrogens (tertiary/aromatic N) is 5. The lowest BCUT2D eigenvalue weighted by Gasteiger charge is -2.24. The Bertz CT molecular complexity index is 1320. The number of carbonyl (C=O) groups is 1. The fourth-order valence-corrected chi connectivity index (χ4v) is 5.01. The maximum Gasteiger partial charge on any atom is 0.264 e. The first-order valence-corrected chi connectivity index (χ1v) is 10.8. The normalized spacial score (nSPS) is 16.2. The highest BCUT2D eigenvalue weighted by atomic mass is 32.2. The highest BCUT2D eigenvalue weighted by molar-refractivity contribution is 7.99. The third-order valence-corrected chi connectivity index (χ3v) is 6.49. The standard InChI is InChI=1S/C22H18FN5O2S/c23-18-9-5-4-8-16(18)22-27(10-11-31-22)19(29)13-26-14-24-20-17(21(26)30)12-25-28(20)15-6-2-1-3-7-15/h1-9,12,14,22H,10-11,13H2. The number of amides is 1. The van der Waals surface area contributed by atoms with Crippen LogP contribution < -0.4 is 5.56 Å². The first-order chi connectivity index (χ1) is 15.1. The van der Waals surface area contributed by atoms with Gasteiger partial charge in [0.2, 0.25) is 5.91 Å². The summed E-state index contributed by atoms with van der Waals surface area (Å²) in [4.78, 5) is 32.0. The molecule has 2 aromatic heterocycles. The van der Waals surface area contributed by atoms with Crippen LogP contribution >= 0.6 is 11.8 Å². The predicted octanol–water partition coefficient (Wildman–Crippen LogP) is 3.00. The lowest BCUT2D eigenvalue weighted by molar-refractivity contribution is -0.132. The average Bonchev–Trinajstić information content (AvgIpc) is 3.44. The van der Waals surface area contributed by atoms with Crippen LogP contribution in [0.4, 0.5) is 4.39 Å². The summed E-state index contributed by atoms with van der Waals surface area (Å²) in [6.07, 6.45) is 2.83. The van der Waals surface area contributed by atoms with E-state index in [2.05, 4.69) is 10.1 Å². The Morgan fingerprint density at radius 2 is 1.90 bits per heavy atom. The zero-order valence-corrected chi connectivity index (χ0v) is 17.2. The number of carbonyl (C=O) groups excluding carboxylic acids is 1. The van der Waals surface area contributed by atoms with Crippen LogP contribution in [0.5, 0.6) is 0 Å². The molecule has 7 nitrogen and oxygen atoms in total. The highest BCUT2D eigenvalue weighted by Gasteiger charge is 2.32. The molecule has 1 aliphatic rings. The van der Waals surface area contributed by atoms with Crippen LogP contribution in [-0.2, 0) is 11.3 Å². The van der Waals surface area contributed by atoms with Crippen molar-refractivity contribution in [3.63, 3.8) is 0 Å². The number of benzene rings is 2. The van der Waals surface area contributed by atoms with Crippen molar-refractivity contribution in [2.75, 3.05) is 12.3 Å². The Balaban J connectivity index is 1.43. The van der Waals surface area contributed by atoms with Gasteiger partial charge >= 0.3 is 0 Å². The van der Waals surface area contributed by atoms with Crippen molar-refractivity contribution in [2.24, 2.45) is 0 Å². The predicted molar refractivity (Wildman–Crippen MR) is 116 cm³/mol. The number of thioether (sulfide) groups is 1. The van der Waals surface area contributed by atoms with Crippen LogP contribution in [0.3, 0.4) is 0 Å². The van der Waals surface area contributed by atoms with Crippen LogP contribution in [0, 0.1) is 5.82 Å². The van der Waals surface area contributed by atoms with E-state index in [0.717, 1.165) is 5.69 Å². The first kappa shape index (κ1) is 19.5. The molecule has 0 radical (unpaired) electrons. The second-order valence-corrected chi connectivity index (χ2v) is 8.33. The minimum Gasteiger partial charge on any atom is -0.324 e. The van der Waals surface area contributed by atoms with Gasteiger partial charge in [0.25, 0.3) is 5.56 Å². The Labute approximate surface area is 181 Å². The van der Waals surface area contributed by atoms with E-state index in [-0.39, 0.29) is 23.8 Å². The SMILES string of the molecule is O=C(Cn1cnc2c(cnn2-c2ccccc2)c1=O)N1CCSC1c1ccccc1F. The summed E-state index contributed by atoms with van der Waals surface area (Å²) in [5, 5.41) is 4.22. The summed E-state index contributed by atoms with van der Waals surface area (Å²) >= 11 is 1.51. The van der Waals surface area contributed by atoms with Gasteiger partial charge in [0.1, 0.15) is 29.4 Å². The molecule has 3 heterocycles. The van der Waals surface area contributed by atoms with E-state index in [1.165, 1.54) is 34.9 Å². The molecular weight excluding hydrogens is 417 g/mol. The fourth-order valence-electron chi connectivity index (χ4n) is 3.71. The van der Waals surface area contributed by atoms with Crippen LogP contribution in [0.1, 0.15) is 10.9 Å². The molecular formula is C22H18FN5O2S. The molecule has 0 aliphatic carbocycles. The van der Waals surface area contributed by atoms with Gasteiger partial charge in [0.15, 0.2) is 5.65 Å². The summed E-state index contributed by atoms with van der Waals surface area (Å²) in [5.74, 6) is 0.117. The molecule has 1 fully saturated rings. The minimum atomic E-state index is -0.401. The zero-order chi connectivity index (χ0) is 21.4. The lowest BCUT2D eigenvalue weighted by Crippen LogP contribution is -2.36. The van der Waals surface area contributed by atoms with Gasteiger partial charge < -0.3 is 4.90 Å². The van der Waals surface area contributed by atoms with Crippen molar-refractivity contribution < 1.29 is 9.18 Å². The third kappa shape index (κ3) is 3.50. The smallest absolute Gasteiger partial charge is 0.264 e. The maximum atomic E-state index is 14.3. The highest BCUT2D eigenvalue weighted by Crippen LogP contribution is 2.39. The van der Waals surface area contributed by atoms with Gasteiger partial charge in [-0.25, -0.2) is 14.1 Å². The molecule has 5 rings (SSSR count). The Kier molecular flexibility index (Phi) is 5.03. The molecule has 9 heteroatoms. The van der Waals surface area contributed by atoms with Gasteiger partial charge in [-0.2, -0.15) is 5.10 Å². The van der Waals surface area contributed by atoms with E-state index < -0.39 is 5.37 Å². The molecule has 1 amide bonds. The molecule has 31 heavy (non-hydrogen) atoms. The van der Waals surface area contributed by atoms with Crippen molar-refractivity contribution in [1.82, 2.24) is 24.2 Å². The van der Waals surface area contributed by atoms with E-state index >= 15 is 0 Å². The van der Waals surface area contributed by atoms with Crippen molar-refractivity contribution in [3.8, 4) is 5.69 Å². The van der Waals surface area contributed by atoms with Crippen molar-refractivity contribution >= 4 is 28.7 Å². The average molecular weight is 435 g/mol. The number of aromatic nitrogens is 4. The van der Waals surface area contributed by atoms with Crippen LogP contribution in [0.2, 0.25) is 0 Å². The summed E-state index contributed by atoms with van der Waals surface area (Å²) in [5.41, 5.74) is 1.36. The van der Waals surface area contributed by atoms with E-state index in [9.17, 15) is 14.0 Å². The molecule has 1 atom stereocenters. The van der Waals surface area contributed by atoms with Gasteiger partial charge in [-0.1, -0.05) is 36.4 Å². The molecule has 156 valence electrons. The van der Waals surface area contributed by atoms with Gasteiger partial charge in [0, 0.05) is 17.9 Å². The Morgan fingerprint density at radius 3 is 2.71 bits per heavy atom. The molecule has 1 unspecified atom stereocenters. The van der Waals surface area contributed by atoms with Gasteiger partial charge in [-0.05, 0) is 18.2 Å². The summed E-state index contributed by atoms with van der Waals surface area (Å²) in [7, 11) is 0. The number of fused-ring (bicyclic) bond motifs is 1. The zero-order valence-electron chi connectivity index (χ0n) is 16.4. The monoisotopic (exact) mass is 435 g/mol. The molecule has 4 aromatic rings. The quantitative estimate of drug-likeness (QED) is 0.493. The number of rotatable bonds is 4. The van der Waals surface area contributed by atoms with E-state index in [1.54, 1.807) is 27.8 Å². The van der Waals surface area contributed by atoms with Gasteiger partial charge in [0.05, 0.1) is 11.9 Å². The third-order valence-electron chi connectivity index (χ3n) is 5.24. The van der Waals surface area contributed by atoms with Crippen LogP contribution in [-0.4, -0.2) is 42.4 Å². The number of para-hydroxylation sites is 1. The van der Waals surface area contributed by atoms with E-state index in [4.69, 9.17) is 0 Å². The molecule has 0 spiro atoms. The molecule has 1 saturated heterocycles. The first-order valence-electron chi connectivity index (χ1n) is 9.77. The lowest BCUT2D eigenvalue weighted by atomic mass is 10.2. The summed E-state index contributed by atoms with van der Waals surface area (Å²) in [6.45, 7) is 0.336. The second-order valence-electron chi connectivity index (χ2n) is 7.14. The van der Waals surface area contributed by atoms with E-state index in [0.29, 0.717) is 28.9 Å². The Morgan fingerprint density at radius 1 is 1.13 bits per heavy atom. The van der Waals surface area contributed by atoms with Crippen LogP contribution in [0.25, 0.3) is 16.7 Å². The molecule has 0 bridgehead atoms. The fraction of sp³-hybridized carbons (Fsp3) is 0.182. The topological polar surface area (TPSA) is 73.0 Å². The van der Waals surface area contributed by atoms with Crippen LogP contribution in [0.15, 0.2) is 71.9 Å². The molecule has 0 N–H and O–H groups in total. The summed E-state index contributed by atoms with van der Waals surface area (Å²) in [6, 6.07) is 15.9. The van der Waals surface area contributed by atoms with Crippen molar-refractivity contribution in [2.45, 2.75) is 11.9 Å².